The Labute approximate surface area is 230 Å². The van der Waals surface area contributed by atoms with Crippen LogP contribution < -0.4 is 14.8 Å². The third-order valence-electron chi connectivity index (χ3n) is 6.21. The average molecular weight is 537 g/mol. The number of carbonyl (C=O) groups excluding carboxylic acids is 2. The first-order valence-electron chi connectivity index (χ1n) is 12.8. The van der Waals surface area contributed by atoms with Gasteiger partial charge in [-0.1, -0.05) is 67.9 Å². The highest BCUT2D eigenvalue weighted by Crippen LogP contribution is 2.26. The predicted molar refractivity (Wildman–Crippen MR) is 152 cm³/mol. The number of nitrogens with one attached hydrogen (secondary N) is 1. The molecule has 2 amide bonds. The Morgan fingerprint density at radius 3 is 2.21 bits per heavy atom. The third-order valence-corrected chi connectivity index (χ3v) is 6.81. The van der Waals surface area contributed by atoms with E-state index >= 15 is 0 Å². The largest absolute Gasteiger partial charge is 0.497 e. The SMILES string of the molecule is COc1cccc(CN(C(=O)COc2cc(C)c(Cl)c(C)c2)C(Cc2ccccc2)C(=O)NCC(C)C)c1. The van der Waals surface area contributed by atoms with E-state index in [1.165, 1.54) is 0 Å². The molecule has 1 atom stereocenters. The fourth-order valence-electron chi connectivity index (χ4n) is 4.16. The number of aryl methyl sites for hydroxylation is 2. The van der Waals surface area contributed by atoms with Gasteiger partial charge in [0.1, 0.15) is 17.5 Å². The molecule has 3 rings (SSSR count). The van der Waals surface area contributed by atoms with E-state index < -0.39 is 6.04 Å². The Bertz CT molecular complexity index is 1210. The van der Waals surface area contributed by atoms with E-state index in [-0.39, 0.29) is 30.9 Å². The van der Waals surface area contributed by atoms with Gasteiger partial charge in [0.15, 0.2) is 6.61 Å². The zero-order chi connectivity index (χ0) is 27.7. The normalized spacial score (nSPS) is 11.7. The van der Waals surface area contributed by atoms with Crippen LogP contribution in [0, 0.1) is 19.8 Å². The number of nitrogens with zero attached hydrogens (tertiary/aromatic N) is 1. The third kappa shape index (κ3) is 8.25. The Morgan fingerprint density at radius 1 is 0.921 bits per heavy atom. The Balaban J connectivity index is 1.93. The van der Waals surface area contributed by atoms with Gasteiger partial charge in [-0.25, -0.2) is 0 Å². The van der Waals surface area contributed by atoms with Gasteiger partial charge in [-0.15, -0.1) is 0 Å². The van der Waals surface area contributed by atoms with Crippen molar-refractivity contribution in [2.75, 3.05) is 20.3 Å². The van der Waals surface area contributed by atoms with Gasteiger partial charge >= 0.3 is 0 Å². The number of hydrogen-bond acceptors (Lipinski definition) is 4. The molecule has 0 aliphatic rings. The lowest BCUT2D eigenvalue weighted by Crippen LogP contribution is -2.52. The molecule has 0 saturated heterocycles. The lowest BCUT2D eigenvalue weighted by Gasteiger charge is -2.32. The highest BCUT2D eigenvalue weighted by atomic mass is 35.5. The summed E-state index contributed by atoms with van der Waals surface area (Å²) in [5.41, 5.74) is 3.56. The molecule has 3 aromatic carbocycles. The van der Waals surface area contributed by atoms with Crippen molar-refractivity contribution in [3.05, 3.63) is 94.0 Å². The second kappa shape index (κ2) is 13.9. The smallest absolute Gasteiger partial charge is 0.261 e. The summed E-state index contributed by atoms with van der Waals surface area (Å²) in [5, 5.41) is 3.70. The lowest BCUT2D eigenvalue weighted by molar-refractivity contribution is -0.142. The molecule has 7 heteroatoms. The van der Waals surface area contributed by atoms with Crippen LogP contribution in [0.4, 0.5) is 0 Å². The Morgan fingerprint density at radius 2 is 1.58 bits per heavy atom. The summed E-state index contributed by atoms with van der Waals surface area (Å²) < 4.78 is 11.3. The van der Waals surface area contributed by atoms with Crippen molar-refractivity contribution in [1.29, 1.82) is 0 Å². The van der Waals surface area contributed by atoms with Gasteiger partial charge in [-0.05, 0) is 66.3 Å². The predicted octanol–water partition coefficient (Wildman–Crippen LogP) is 5.76. The summed E-state index contributed by atoms with van der Waals surface area (Å²) in [6.07, 6.45) is 0.375. The Hall–Kier alpha value is -3.51. The molecule has 0 heterocycles. The number of ether oxygens (including phenoxy) is 2. The number of hydrogen-bond donors (Lipinski definition) is 1. The van der Waals surface area contributed by atoms with Crippen LogP contribution in [0.5, 0.6) is 11.5 Å². The molecular weight excluding hydrogens is 500 g/mol. The van der Waals surface area contributed by atoms with Gasteiger partial charge in [-0.2, -0.15) is 0 Å². The molecule has 0 spiro atoms. The van der Waals surface area contributed by atoms with Crippen LogP contribution in [0.25, 0.3) is 0 Å². The van der Waals surface area contributed by atoms with Crippen LogP contribution in [0.1, 0.15) is 36.1 Å². The fraction of sp³-hybridized carbons (Fsp3) is 0.355. The van der Waals surface area contributed by atoms with E-state index in [0.29, 0.717) is 29.5 Å². The molecule has 0 radical (unpaired) electrons. The molecule has 6 nitrogen and oxygen atoms in total. The average Bonchev–Trinajstić information content (AvgIpc) is 2.91. The zero-order valence-electron chi connectivity index (χ0n) is 22.8. The fourth-order valence-corrected chi connectivity index (χ4v) is 4.27. The summed E-state index contributed by atoms with van der Waals surface area (Å²) in [7, 11) is 1.60. The van der Waals surface area contributed by atoms with E-state index in [1.54, 1.807) is 12.0 Å². The van der Waals surface area contributed by atoms with E-state index in [4.69, 9.17) is 21.1 Å². The maximum atomic E-state index is 13.8. The standard InChI is InChI=1S/C31H37ClN2O4/c1-21(2)18-33-31(36)28(17-24-10-7-6-8-11-24)34(19-25-12-9-13-26(16-25)37-5)29(35)20-38-27-14-22(3)30(32)23(4)15-27/h6-16,21,28H,17-20H2,1-5H3,(H,33,36). The molecule has 1 N–H and O–H groups in total. The van der Waals surface area contributed by atoms with Crippen molar-refractivity contribution < 1.29 is 19.1 Å². The molecule has 38 heavy (non-hydrogen) atoms. The highest BCUT2D eigenvalue weighted by Gasteiger charge is 2.31. The molecule has 0 bridgehead atoms. The Kier molecular flexibility index (Phi) is 10.6. The van der Waals surface area contributed by atoms with Gasteiger partial charge in [0.25, 0.3) is 5.91 Å². The lowest BCUT2D eigenvalue weighted by atomic mass is 10.0. The van der Waals surface area contributed by atoms with Crippen LogP contribution in [0.3, 0.4) is 0 Å². The maximum Gasteiger partial charge on any atom is 0.261 e. The minimum Gasteiger partial charge on any atom is -0.497 e. The number of benzene rings is 3. The van der Waals surface area contributed by atoms with Crippen LogP contribution in [0.2, 0.25) is 5.02 Å². The first-order valence-corrected chi connectivity index (χ1v) is 13.2. The second-order valence-corrected chi connectivity index (χ2v) is 10.3. The van der Waals surface area contributed by atoms with Crippen molar-refractivity contribution in [2.24, 2.45) is 5.92 Å². The number of amides is 2. The highest BCUT2D eigenvalue weighted by molar-refractivity contribution is 6.32. The summed E-state index contributed by atoms with van der Waals surface area (Å²) in [4.78, 5) is 28.9. The van der Waals surface area contributed by atoms with E-state index in [0.717, 1.165) is 22.3 Å². The van der Waals surface area contributed by atoms with Crippen LogP contribution >= 0.6 is 11.6 Å². The molecule has 0 aromatic heterocycles. The molecule has 0 fully saturated rings. The summed E-state index contributed by atoms with van der Waals surface area (Å²) in [5.74, 6) is 1.03. The number of rotatable bonds is 12. The van der Waals surface area contributed by atoms with Gasteiger partial charge in [-0.3, -0.25) is 9.59 Å². The molecule has 0 aliphatic carbocycles. The van der Waals surface area contributed by atoms with Crippen molar-refractivity contribution in [3.8, 4) is 11.5 Å². The number of methoxy groups -OCH3 is 1. The maximum absolute atomic E-state index is 13.8. The van der Waals surface area contributed by atoms with Crippen LogP contribution in [-0.2, 0) is 22.6 Å². The van der Waals surface area contributed by atoms with Crippen LogP contribution in [-0.4, -0.2) is 43.0 Å². The first-order chi connectivity index (χ1) is 18.2. The minimum absolute atomic E-state index is 0.197. The minimum atomic E-state index is -0.729. The van der Waals surface area contributed by atoms with Crippen molar-refractivity contribution >= 4 is 23.4 Å². The monoisotopic (exact) mass is 536 g/mol. The van der Waals surface area contributed by atoms with Gasteiger partial charge in [0.2, 0.25) is 5.91 Å². The molecule has 202 valence electrons. The van der Waals surface area contributed by atoms with Gasteiger partial charge in [0, 0.05) is 24.5 Å². The van der Waals surface area contributed by atoms with Gasteiger partial charge in [0.05, 0.1) is 7.11 Å². The molecular formula is C31H37ClN2O4. The first kappa shape index (κ1) is 29.1. The topological polar surface area (TPSA) is 67.9 Å². The van der Waals surface area contributed by atoms with E-state index in [9.17, 15) is 9.59 Å². The zero-order valence-corrected chi connectivity index (χ0v) is 23.5. The second-order valence-electron chi connectivity index (χ2n) is 9.88. The number of carbonyl (C=O) groups is 2. The van der Waals surface area contributed by atoms with Crippen molar-refractivity contribution in [1.82, 2.24) is 10.2 Å². The molecule has 3 aromatic rings. The number of halogens is 1. The van der Waals surface area contributed by atoms with E-state index in [1.807, 2.05) is 94.4 Å². The summed E-state index contributed by atoms with van der Waals surface area (Å²) in [6, 6.07) is 20.1. The van der Waals surface area contributed by atoms with Crippen molar-refractivity contribution in [3.63, 3.8) is 0 Å². The summed E-state index contributed by atoms with van der Waals surface area (Å²) in [6.45, 7) is 8.40. The van der Waals surface area contributed by atoms with E-state index in [2.05, 4.69) is 5.32 Å². The van der Waals surface area contributed by atoms with Crippen LogP contribution in [0.15, 0.2) is 66.7 Å². The molecule has 0 saturated carbocycles. The molecule has 1 unspecified atom stereocenters. The van der Waals surface area contributed by atoms with Crippen molar-refractivity contribution in [2.45, 2.75) is 46.7 Å². The quantitative estimate of drug-likeness (QED) is 0.320. The van der Waals surface area contributed by atoms with Gasteiger partial charge < -0.3 is 19.7 Å². The molecule has 0 aliphatic heterocycles. The summed E-state index contributed by atoms with van der Waals surface area (Å²) >= 11 is 6.30.